The molecule has 1 saturated heterocycles. The fourth-order valence-corrected chi connectivity index (χ4v) is 3.43. The van der Waals surface area contributed by atoms with E-state index in [1.807, 2.05) is 24.0 Å². The Morgan fingerprint density at radius 3 is 2.27 bits per heavy atom. The van der Waals surface area contributed by atoms with Crippen molar-refractivity contribution in [2.75, 3.05) is 31.1 Å². The van der Waals surface area contributed by atoms with Crippen LogP contribution < -0.4 is 4.90 Å². The molecule has 0 N–H and O–H groups in total. The number of rotatable bonds is 4. The fourth-order valence-electron chi connectivity index (χ4n) is 3.43. The van der Waals surface area contributed by atoms with Gasteiger partial charge in [-0.1, -0.05) is 13.0 Å². The Morgan fingerprint density at radius 2 is 1.65 bits per heavy atom. The van der Waals surface area contributed by atoms with E-state index < -0.39 is 0 Å². The lowest BCUT2D eigenvalue weighted by Gasteiger charge is -2.35. The first-order valence-electron chi connectivity index (χ1n) is 9.44. The van der Waals surface area contributed by atoms with E-state index in [2.05, 4.69) is 48.0 Å². The minimum absolute atomic E-state index is 0.263. The van der Waals surface area contributed by atoms with Crippen molar-refractivity contribution in [3.63, 3.8) is 0 Å². The van der Waals surface area contributed by atoms with Gasteiger partial charge in [0.1, 0.15) is 0 Å². The minimum atomic E-state index is 0.263. The van der Waals surface area contributed by atoms with Gasteiger partial charge >= 0.3 is 0 Å². The molecular formula is C21H28N4O. The molecule has 26 heavy (non-hydrogen) atoms. The van der Waals surface area contributed by atoms with Gasteiger partial charge in [-0.15, -0.1) is 10.2 Å². The number of aromatic nitrogens is 2. The molecule has 3 rings (SSSR count). The third-order valence-electron chi connectivity index (χ3n) is 5.19. The zero-order valence-electron chi connectivity index (χ0n) is 16.2. The standard InChI is InChI=1S/C21H28N4O/c1-5-6-21(26)25-11-9-24(10-12-25)20-8-7-19(22-23-20)18-14-16(3)15(2)13-17(18)4/h7-8,13-14H,5-6,9-12H2,1-4H3. The summed E-state index contributed by atoms with van der Waals surface area (Å²) in [6.07, 6.45) is 1.55. The van der Waals surface area contributed by atoms with Crippen molar-refractivity contribution in [1.82, 2.24) is 15.1 Å². The van der Waals surface area contributed by atoms with Crippen LogP contribution in [0.2, 0.25) is 0 Å². The maximum absolute atomic E-state index is 12.0. The average Bonchev–Trinajstić information content (AvgIpc) is 2.65. The largest absolute Gasteiger partial charge is 0.352 e. The molecule has 0 bridgehead atoms. The number of hydrogen-bond acceptors (Lipinski definition) is 4. The third kappa shape index (κ3) is 3.87. The molecule has 0 aliphatic carbocycles. The van der Waals surface area contributed by atoms with Crippen LogP contribution in [0.25, 0.3) is 11.3 Å². The molecule has 138 valence electrons. The minimum Gasteiger partial charge on any atom is -0.352 e. The summed E-state index contributed by atoms with van der Waals surface area (Å²) in [6, 6.07) is 8.48. The molecule has 0 unspecified atom stereocenters. The highest BCUT2D eigenvalue weighted by molar-refractivity contribution is 5.76. The predicted octanol–water partition coefficient (Wildman–Crippen LogP) is 3.52. The number of piperazine rings is 1. The number of carbonyl (C=O) groups is 1. The highest BCUT2D eigenvalue weighted by atomic mass is 16.2. The predicted molar refractivity (Wildman–Crippen MR) is 105 cm³/mol. The number of carbonyl (C=O) groups excluding carboxylic acids is 1. The molecule has 1 aliphatic rings. The van der Waals surface area contributed by atoms with Crippen molar-refractivity contribution in [1.29, 1.82) is 0 Å². The van der Waals surface area contributed by atoms with Gasteiger partial charge in [0.15, 0.2) is 5.82 Å². The van der Waals surface area contributed by atoms with Crippen LogP contribution in [0, 0.1) is 20.8 Å². The number of benzene rings is 1. The number of anilines is 1. The van der Waals surface area contributed by atoms with Gasteiger partial charge in [-0.2, -0.15) is 0 Å². The Balaban J connectivity index is 1.69. The van der Waals surface area contributed by atoms with Gasteiger partial charge in [0, 0.05) is 38.2 Å². The lowest BCUT2D eigenvalue weighted by molar-refractivity contribution is -0.131. The Labute approximate surface area is 156 Å². The van der Waals surface area contributed by atoms with Crippen molar-refractivity contribution in [3.05, 3.63) is 41.0 Å². The first kappa shape index (κ1) is 18.4. The van der Waals surface area contributed by atoms with Crippen LogP contribution in [-0.4, -0.2) is 47.2 Å². The number of hydrogen-bond donors (Lipinski definition) is 0. The van der Waals surface area contributed by atoms with Crippen molar-refractivity contribution in [3.8, 4) is 11.3 Å². The van der Waals surface area contributed by atoms with Crippen molar-refractivity contribution in [2.24, 2.45) is 0 Å². The molecule has 0 spiro atoms. The molecular weight excluding hydrogens is 324 g/mol. The molecule has 1 aromatic heterocycles. The first-order chi connectivity index (χ1) is 12.5. The average molecular weight is 352 g/mol. The van der Waals surface area contributed by atoms with Gasteiger partial charge in [-0.25, -0.2) is 0 Å². The number of amides is 1. The molecule has 0 saturated carbocycles. The van der Waals surface area contributed by atoms with E-state index in [-0.39, 0.29) is 5.91 Å². The molecule has 2 heterocycles. The summed E-state index contributed by atoms with van der Waals surface area (Å²) < 4.78 is 0. The number of nitrogens with zero attached hydrogens (tertiary/aromatic N) is 4. The highest BCUT2D eigenvalue weighted by Crippen LogP contribution is 2.25. The summed E-state index contributed by atoms with van der Waals surface area (Å²) >= 11 is 0. The van der Waals surface area contributed by atoms with Crippen LogP contribution in [0.1, 0.15) is 36.5 Å². The van der Waals surface area contributed by atoms with Gasteiger partial charge in [-0.05, 0) is 62.1 Å². The van der Waals surface area contributed by atoms with Crippen molar-refractivity contribution in [2.45, 2.75) is 40.5 Å². The maximum atomic E-state index is 12.0. The second-order valence-electron chi connectivity index (χ2n) is 7.15. The molecule has 1 aliphatic heterocycles. The molecule has 1 fully saturated rings. The smallest absolute Gasteiger partial charge is 0.222 e. The van der Waals surface area contributed by atoms with E-state index in [1.165, 1.54) is 16.7 Å². The summed E-state index contributed by atoms with van der Waals surface area (Å²) in [7, 11) is 0. The Bertz CT molecular complexity index is 777. The first-order valence-corrected chi connectivity index (χ1v) is 9.44. The van der Waals surface area contributed by atoms with E-state index in [0.717, 1.165) is 49.7 Å². The van der Waals surface area contributed by atoms with Gasteiger partial charge in [0.05, 0.1) is 5.69 Å². The molecule has 5 nitrogen and oxygen atoms in total. The summed E-state index contributed by atoms with van der Waals surface area (Å²) in [6.45, 7) is 11.6. The van der Waals surface area contributed by atoms with E-state index in [4.69, 9.17) is 0 Å². The lowest BCUT2D eigenvalue weighted by atomic mass is 9.99. The van der Waals surface area contributed by atoms with Crippen LogP contribution in [0.3, 0.4) is 0 Å². The van der Waals surface area contributed by atoms with Gasteiger partial charge in [0.2, 0.25) is 5.91 Å². The van der Waals surface area contributed by atoms with Crippen LogP contribution in [-0.2, 0) is 4.79 Å². The van der Waals surface area contributed by atoms with E-state index in [0.29, 0.717) is 6.42 Å². The second kappa shape index (κ2) is 7.85. The normalized spacial score (nSPS) is 14.6. The van der Waals surface area contributed by atoms with Gasteiger partial charge < -0.3 is 9.80 Å². The Hall–Kier alpha value is -2.43. The summed E-state index contributed by atoms with van der Waals surface area (Å²) in [5.41, 5.74) is 5.84. The molecule has 0 atom stereocenters. The van der Waals surface area contributed by atoms with Crippen LogP contribution >= 0.6 is 0 Å². The molecule has 5 heteroatoms. The third-order valence-corrected chi connectivity index (χ3v) is 5.19. The summed E-state index contributed by atoms with van der Waals surface area (Å²) in [5, 5.41) is 8.92. The lowest BCUT2D eigenvalue weighted by Crippen LogP contribution is -2.49. The van der Waals surface area contributed by atoms with Gasteiger partial charge in [-0.3, -0.25) is 4.79 Å². The second-order valence-corrected chi connectivity index (χ2v) is 7.15. The Kier molecular flexibility index (Phi) is 5.55. The number of aryl methyl sites for hydroxylation is 3. The monoisotopic (exact) mass is 352 g/mol. The summed E-state index contributed by atoms with van der Waals surface area (Å²) in [5.74, 6) is 1.15. The summed E-state index contributed by atoms with van der Waals surface area (Å²) in [4.78, 5) is 16.2. The van der Waals surface area contributed by atoms with Crippen LogP contribution in [0.15, 0.2) is 24.3 Å². The fraction of sp³-hybridized carbons (Fsp3) is 0.476. The molecule has 1 amide bonds. The van der Waals surface area contributed by atoms with Crippen molar-refractivity contribution < 1.29 is 4.79 Å². The van der Waals surface area contributed by atoms with Crippen molar-refractivity contribution >= 4 is 11.7 Å². The maximum Gasteiger partial charge on any atom is 0.222 e. The zero-order chi connectivity index (χ0) is 18.7. The SMILES string of the molecule is CCCC(=O)N1CCN(c2ccc(-c3cc(C)c(C)cc3C)nn2)CC1. The quantitative estimate of drug-likeness (QED) is 0.845. The van der Waals surface area contributed by atoms with E-state index in [9.17, 15) is 4.79 Å². The highest BCUT2D eigenvalue weighted by Gasteiger charge is 2.21. The van der Waals surface area contributed by atoms with Crippen LogP contribution in [0.5, 0.6) is 0 Å². The van der Waals surface area contributed by atoms with E-state index >= 15 is 0 Å². The van der Waals surface area contributed by atoms with Crippen LogP contribution in [0.4, 0.5) is 5.82 Å². The van der Waals surface area contributed by atoms with E-state index in [1.54, 1.807) is 0 Å². The Morgan fingerprint density at radius 1 is 0.962 bits per heavy atom. The zero-order valence-corrected chi connectivity index (χ0v) is 16.2. The van der Waals surface area contributed by atoms with Gasteiger partial charge in [0.25, 0.3) is 0 Å². The molecule has 1 aromatic carbocycles. The topological polar surface area (TPSA) is 49.3 Å². The molecule has 2 aromatic rings. The molecule has 0 radical (unpaired) electrons.